The number of thiazole rings is 1. The Bertz CT molecular complexity index is 960. The Hall–Kier alpha value is -3.25. The van der Waals surface area contributed by atoms with Crippen molar-refractivity contribution in [2.24, 2.45) is 0 Å². The zero-order valence-electron chi connectivity index (χ0n) is 17.9. The zero-order chi connectivity index (χ0) is 23.1. The molecule has 1 N–H and O–H groups in total. The highest BCUT2D eigenvalue weighted by molar-refractivity contribution is 7.07. The summed E-state index contributed by atoms with van der Waals surface area (Å²) in [6.07, 6.45) is 0. The number of methoxy groups -OCH3 is 1. The number of nitrogens with zero attached hydrogens (tertiary/aromatic N) is 4. The average Bonchev–Trinajstić information content (AvgIpc) is 3.31. The van der Waals surface area contributed by atoms with E-state index in [9.17, 15) is 19.7 Å². The van der Waals surface area contributed by atoms with Crippen LogP contribution in [0.25, 0.3) is 0 Å². The van der Waals surface area contributed by atoms with Crippen molar-refractivity contribution in [1.29, 1.82) is 0 Å². The Balaban J connectivity index is 1.74. The van der Waals surface area contributed by atoms with Crippen molar-refractivity contribution in [3.05, 3.63) is 44.4 Å². The third kappa shape index (κ3) is 5.71. The molecule has 1 fully saturated rings. The van der Waals surface area contributed by atoms with Crippen molar-refractivity contribution in [2.45, 2.75) is 13.5 Å². The van der Waals surface area contributed by atoms with E-state index >= 15 is 0 Å². The van der Waals surface area contributed by atoms with Crippen LogP contribution in [0, 0.1) is 10.1 Å². The number of amides is 2. The molecule has 0 saturated carbocycles. The number of nitro benzene ring substituents is 1. The standard InChI is InChI=1S/C20H25N5O6S/c1-3-21-19(26)10-23-4-6-24(7-5-23)20(27)15-8-17(30-2)18(9-16(15)25(28)29)31-11-14-12-32-13-22-14/h8-9,12-13H,3-7,10-11H2,1-2H3,(H,21,26). The molecule has 1 aliphatic heterocycles. The zero-order valence-corrected chi connectivity index (χ0v) is 18.7. The van der Waals surface area contributed by atoms with Gasteiger partial charge in [0, 0.05) is 44.2 Å². The monoisotopic (exact) mass is 463 g/mol. The molecule has 0 aliphatic carbocycles. The number of nitrogens with one attached hydrogen (secondary N) is 1. The van der Waals surface area contributed by atoms with Crippen LogP contribution in [-0.4, -0.2) is 77.9 Å². The lowest BCUT2D eigenvalue weighted by Crippen LogP contribution is -2.51. The Morgan fingerprint density at radius 2 is 2.00 bits per heavy atom. The van der Waals surface area contributed by atoms with E-state index in [-0.39, 0.29) is 41.8 Å². The molecule has 0 bridgehead atoms. The van der Waals surface area contributed by atoms with Crippen LogP contribution >= 0.6 is 11.3 Å². The molecule has 0 radical (unpaired) electrons. The van der Waals surface area contributed by atoms with Gasteiger partial charge in [-0.2, -0.15) is 0 Å². The quantitative estimate of drug-likeness (QED) is 0.438. The van der Waals surface area contributed by atoms with Crippen LogP contribution in [0.5, 0.6) is 11.5 Å². The molecule has 1 aromatic carbocycles. The highest BCUT2D eigenvalue weighted by Crippen LogP contribution is 2.36. The molecule has 2 aromatic rings. The van der Waals surface area contributed by atoms with Gasteiger partial charge in [0.2, 0.25) is 5.91 Å². The summed E-state index contributed by atoms with van der Waals surface area (Å²) in [5, 5.41) is 16.3. The van der Waals surface area contributed by atoms with Gasteiger partial charge in [-0.15, -0.1) is 11.3 Å². The van der Waals surface area contributed by atoms with E-state index in [0.29, 0.717) is 38.4 Å². The van der Waals surface area contributed by atoms with Crippen LogP contribution in [0.4, 0.5) is 5.69 Å². The van der Waals surface area contributed by atoms with Crippen LogP contribution in [0.15, 0.2) is 23.0 Å². The van der Waals surface area contributed by atoms with Crippen molar-refractivity contribution < 1.29 is 24.0 Å². The highest BCUT2D eigenvalue weighted by Gasteiger charge is 2.30. The molecule has 2 heterocycles. The second-order valence-electron chi connectivity index (χ2n) is 7.07. The predicted octanol–water partition coefficient (Wildman–Crippen LogP) is 1.53. The fourth-order valence-electron chi connectivity index (χ4n) is 3.34. The van der Waals surface area contributed by atoms with E-state index in [1.54, 1.807) is 10.4 Å². The minimum Gasteiger partial charge on any atom is -0.493 e. The summed E-state index contributed by atoms with van der Waals surface area (Å²) in [6, 6.07) is 2.56. The molecule has 3 rings (SSSR count). The van der Waals surface area contributed by atoms with Gasteiger partial charge in [-0.05, 0) is 6.92 Å². The van der Waals surface area contributed by atoms with Gasteiger partial charge in [0.15, 0.2) is 11.5 Å². The summed E-state index contributed by atoms with van der Waals surface area (Å²) >= 11 is 1.41. The predicted molar refractivity (Wildman–Crippen MR) is 117 cm³/mol. The maximum atomic E-state index is 13.1. The normalized spacial score (nSPS) is 14.1. The van der Waals surface area contributed by atoms with Crippen LogP contribution in [0.2, 0.25) is 0 Å². The fourth-order valence-corrected chi connectivity index (χ4v) is 3.88. The number of carbonyl (C=O) groups excluding carboxylic acids is 2. The van der Waals surface area contributed by atoms with Gasteiger partial charge < -0.3 is 19.7 Å². The lowest BCUT2D eigenvalue weighted by molar-refractivity contribution is -0.385. The van der Waals surface area contributed by atoms with Gasteiger partial charge in [-0.25, -0.2) is 4.98 Å². The van der Waals surface area contributed by atoms with Gasteiger partial charge in [-0.3, -0.25) is 24.6 Å². The molecule has 0 unspecified atom stereocenters. The number of hydrogen-bond donors (Lipinski definition) is 1. The summed E-state index contributed by atoms with van der Waals surface area (Å²) < 4.78 is 11.0. The number of nitro groups is 1. The van der Waals surface area contributed by atoms with Crippen molar-refractivity contribution >= 4 is 28.8 Å². The number of likely N-dealkylation sites (N-methyl/N-ethyl adjacent to an activating group) is 1. The molecular formula is C20H25N5O6S. The first kappa shape index (κ1) is 23.4. The Morgan fingerprint density at radius 1 is 1.25 bits per heavy atom. The second kappa shape index (κ2) is 10.9. The van der Waals surface area contributed by atoms with E-state index in [0.717, 1.165) is 0 Å². The van der Waals surface area contributed by atoms with E-state index in [2.05, 4.69) is 10.3 Å². The van der Waals surface area contributed by atoms with E-state index in [1.165, 1.54) is 30.6 Å². The third-order valence-corrected chi connectivity index (χ3v) is 5.60. The molecule has 1 aromatic heterocycles. The minimum atomic E-state index is -0.603. The number of piperazine rings is 1. The maximum Gasteiger partial charge on any atom is 0.286 e. The first-order chi connectivity index (χ1) is 15.4. The van der Waals surface area contributed by atoms with Gasteiger partial charge in [0.1, 0.15) is 12.2 Å². The van der Waals surface area contributed by atoms with Gasteiger partial charge in [0.05, 0.1) is 35.8 Å². The summed E-state index contributed by atoms with van der Waals surface area (Å²) in [5.74, 6) is -0.140. The van der Waals surface area contributed by atoms with E-state index in [1.807, 2.05) is 17.2 Å². The summed E-state index contributed by atoms with van der Waals surface area (Å²) in [6.45, 7) is 4.52. The molecule has 11 nitrogen and oxygen atoms in total. The first-order valence-corrected chi connectivity index (χ1v) is 11.0. The van der Waals surface area contributed by atoms with Gasteiger partial charge >= 0.3 is 0 Å². The molecule has 1 saturated heterocycles. The molecule has 0 atom stereocenters. The topological polar surface area (TPSA) is 127 Å². The minimum absolute atomic E-state index is 0.0648. The Morgan fingerprint density at radius 3 is 2.59 bits per heavy atom. The Labute approximate surface area is 189 Å². The molecule has 0 spiro atoms. The smallest absolute Gasteiger partial charge is 0.286 e. The summed E-state index contributed by atoms with van der Waals surface area (Å²) in [5.41, 5.74) is 1.93. The summed E-state index contributed by atoms with van der Waals surface area (Å²) in [4.78, 5) is 43.6. The number of hydrogen-bond acceptors (Lipinski definition) is 9. The number of carbonyl (C=O) groups is 2. The SMILES string of the molecule is CCNC(=O)CN1CCN(C(=O)c2cc(OC)c(OCc3cscn3)cc2[N+](=O)[O-])CC1. The van der Waals surface area contributed by atoms with Crippen molar-refractivity contribution in [1.82, 2.24) is 20.1 Å². The van der Waals surface area contributed by atoms with E-state index in [4.69, 9.17) is 9.47 Å². The van der Waals surface area contributed by atoms with Gasteiger partial charge in [-0.1, -0.05) is 0 Å². The number of benzene rings is 1. The second-order valence-corrected chi connectivity index (χ2v) is 7.79. The molecule has 32 heavy (non-hydrogen) atoms. The fraction of sp³-hybridized carbons (Fsp3) is 0.450. The Kier molecular flexibility index (Phi) is 7.95. The van der Waals surface area contributed by atoms with Crippen LogP contribution in [-0.2, 0) is 11.4 Å². The highest BCUT2D eigenvalue weighted by atomic mass is 32.1. The molecule has 1 aliphatic rings. The first-order valence-electron chi connectivity index (χ1n) is 10.1. The molecule has 172 valence electrons. The van der Waals surface area contributed by atoms with Crippen LogP contribution < -0.4 is 14.8 Å². The van der Waals surface area contributed by atoms with Crippen LogP contribution in [0.1, 0.15) is 23.0 Å². The summed E-state index contributed by atoms with van der Waals surface area (Å²) in [7, 11) is 1.41. The number of ether oxygens (including phenoxy) is 2. The lowest BCUT2D eigenvalue weighted by atomic mass is 10.1. The van der Waals surface area contributed by atoms with Crippen LogP contribution in [0.3, 0.4) is 0 Å². The third-order valence-electron chi connectivity index (χ3n) is 4.97. The molecular weight excluding hydrogens is 438 g/mol. The van der Waals surface area contributed by atoms with Crippen molar-refractivity contribution in [3.63, 3.8) is 0 Å². The van der Waals surface area contributed by atoms with Crippen molar-refractivity contribution in [2.75, 3.05) is 46.4 Å². The number of rotatable bonds is 9. The largest absolute Gasteiger partial charge is 0.493 e. The molecule has 2 amide bonds. The average molecular weight is 464 g/mol. The van der Waals surface area contributed by atoms with Crippen molar-refractivity contribution in [3.8, 4) is 11.5 Å². The van der Waals surface area contributed by atoms with Gasteiger partial charge in [0.25, 0.3) is 11.6 Å². The number of aromatic nitrogens is 1. The lowest BCUT2D eigenvalue weighted by Gasteiger charge is -2.34. The maximum absolute atomic E-state index is 13.1. The van der Waals surface area contributed by atoms with E-state index < -0.39 is 10.8 Å². The molecule has 12 heteroatoms.